The van der Waals surface area contributed by atoms with Crippen LogP contribution in [0.2, 0.25) is 0 Å². The first-order valence-electron chi connectivity index (χ1n) is 13.2. The van der Waals surface area contributed by atoms with Crippen LogP contribution in [0.3, 0.4) is 0 Å². The second-order valence-corrected chi connectivity index (χ2v) is 9.33. The molecule has 0 spiro atoms. The van der Waals surface area contributed by atoms with Gasteiger partial charge in [-0.25, -0.2) is 9.18 Å². The number of nitrogens with zero attached hydrogens (tertiary/aromatic N) is 4. The highest BCUT2D eigenvalue weighted by Crippen LogP contribution is 2.27. The highest BCUT2D eigenvalue weighted by Gasteiger charge is 2.19. The average molecular weight is 583 g/mol. The second kappa shape index (κ2) is 13.3. The SMILES string of the molecule is COc1ccccc1NC(=O)Nc1nc(Oc2ccc3ccccc3c2)nc(N(CCC(=O)O)Cc2cccc(F)c2)n1. The van der Waals surface area contributed by atoms with Crippen molar-refractivity contribution in [3.63, 3.8) is 0 Å². The largest absolute Gasteiger partial charge is 0.495 e. The maximum absolute atomic E-state index is 14.0. The number of carbonyl (C=O) groups is 2. The molecule has 0 aliphatic heterocycles. The van der Waals surface area contributed by atoms with Crippen LogP contribution in [0, 0.1) is 5.82 Å². The minimum absolute atomic E-state index is 0.0157. The number of rotatable bonds is 11. The Morgan fingerprint density at radius 1 is 0.884 bits per heavy atom. The van der Waals surface area contributed by atoms with E-state index in [4.69, 9.17) is 9.47 Å². The number of carboxylic acids is 1. The Kier molecular flexibility index (Phi) is 8.86. The number of aromatic nitrogens is 3. The van der Waals surface area contributed by atoms with E-state index >= 15 is 0 Å². The van der Waals surface area contributed by atoms with Gasteiger partial charge in [-0.3, -0.25) is 10.1 Å². The first-order chi connectivity index (χ1) is 20.9. The van der Waals surface area contributed by atoms with Crippen LogP contribution in [-0.2, 0) is 11.3 Å². The number of fused-ring (bicyclic) bond motifs is 1. The topological polar surface area (TPSA) is 139 Å². The van der Waals surface area contributed by atoms with Crippen molar-refractivity contribution in [3.05, 3.63) is 102 Å². The molecule has 11 nitrogen and oxygen atoms in total. The Balaban J connectivity index is 1.49. The maximum Gasteiger partial charge on any atom is 0.328 e. The number of benzene rings is 4. The van der Waals surface area contributed by atoms with Gasteiger partial charge >= 0.3 is 18.0 Å². The highest BCUT2D eigenvalue weighted by atomic mass is 19.1. The Morgan fingerprint density at radius 3 is 2.47 bits per heavy atom. The summed E-state index contributed by atoms with van der Waals surface area (Å²) in [5, 5.41) is 16.6. The summed E-state index contributed by atoms with van der Waals surface area (Å²) in [6.07, 6.45) is -0.251. The summed E-state index contributed by atoms with van der Waals surface area (Å²) < 4.78 is 25.2. The fraction of sp³-hybridized carbons (Fsp3) is 0.129. The molecule has 1 heterocycles. The summed E-state index contributed by atoms with van der Waals surface area (Å²) in [6.45, 7) is 0.0649. The monoisotopic (exact) mass is 582 g/mol. The molecule has 5 rings (SSSR count). The van der Waals surface area contributed by atoms with Crippen LogP contribution in [0.25, 0.3) is 10.8 Å². The predicted octanol–water partition coefficient (Wildman–Crippen LogP) is 6.09. The van der Waals surface area contributed by atoms with Crippen molar-refractivity contribution in [1.29, 1.82) is 0 Å². The number of amides is 2. The zero-order chi connectivity index (χ0) is 30.2. The van der Waals surface area contributed by atoms with E-state index in [2.05, 4.69) is 25.6 Å². The molecule has 0 aliphatic rings. The molecule has 43 heavy (non-hydrogen) atoms. The van der Waals surface area contributed by atoms with Crippen LogP contribution in [0.1, 0.15) is 12.0 Å². The third kappa shape index (κ3) is 7.70. The van der Waals surface area contributed by atoms with Gasteiger partial charge in [-0.1, -0.05) is 54.6 Å². The smallest absolute Gasteiger partial charge is 0.328 e. The summed E-state index contributed by atoms with van der Waals surface area (Å²) in [4.78, 5) is 39.0. The van der Waals surface area contributed by atoms with Gasteiger partial charge in [0.15, 0.2) is 0 Å². The minimum atomic E-state index is -1.04. The molecule has 4 aromatic carbocycles. The lowest BCUT2D eigenvalue weighted by Gasteiger charge is -2.23. The number of ether oxygens (including phenoxy) is 2. The Hall–Kier alpha value is -5.78. The number of hydrogen-bond acceptors (Lipinski definition) is 8. The van der Waals surface area contributed by atoms with E-state index in [-0.39, 0.29) is 37.4 Å². The number of anilines is 3. The van der Waals surface area contributed by atoms with Crippen LogP contribution in [0.4, 0.5) is 26.8 Å². The number of halogens is 1. The van der Waals surface area contributed by atoms with Gasteiger partial charge < -0.3 is 24.8 Å². The molecule has 0 fully saturated rings. The van der Waals surface area contributed by atoms with E-state index in [1.807, 2.05) is 36.4 Å². The van der Waals surface area contributed by atoms with Crippen molar-refractivity contribution in [2.24, 2.45) is 0 Å². The maximum atomic E-state index is 14.0. The van der Waals surface area contributed by atoms with Crippen molar-refractivity contribution in [1.82, 2.24) is 15.0 Å². The summed E-state index contributed by atoms with van der Waals surface area (Å²) in [6, 6.07) is 25.1. The van der Waals surface area contributed by atoms with Crippen LogP contribution < -0.4 is 25.0 Å². The first kappa shape index (κ1) is 28.7. The predicted molar refractivity (Wildman–Crippen MR) is 159 cm³/mol. The first-order valence-corrected chi connectivity index (χ1v) is 13.2. The Morgan fingerprint density at radius 2 is 1.67 bits per heavy atom. The van der Waals surface area contributed by atoms with E-state index in [1.54, 1.807) is 47.4 Å². The zero-order valence-corrected chi connectivity index (χ0v) is 23.0. The van der Waals surface area contributed by atoms with Gasteiger partial charge in [0, 0.05) is 13.1 Å². The average Bonchev–Trinajstić information content (AvgIpc) is 2.99. The minimum Gasteiger partial charge on any atom is -0.495 e. The summed E-state index contributed by atoms with van der Waals surface area (Å²) in [5.41, 5.74) is 0.977. The highest BCUT2D eigenvalue weighted by molar-refractivity contribution is 5.99. The molecule has 5 aromatic rings. The molecule has 0 radical (unpaired) electrons. The number of carbonyl (C=O) groups excluding carboxylic acids is 1. The lowest BCUT2D eigenvalue weighted by atomic mass is 10.1. The number of urea groups is 1. The van der Waals surface area contributed by atoms with Crippen LogP contribution in [0.15, 0.2) is 91.0 Å². The van der Waals surface area contributed by atoms with Crippen LogP contribution in [-0.4, -0.2) is 45.7 Å². The molecule has 3 N–H and O–H groups in total. The number of para-hydroxylation sites is 2. The van der Waals surface area contributed by atoms with Gasteiger partial charge in [0.1, 0.15) is 17.3 Å². The van der Waals surface area contributed by atoms with E-state index in [0.29, 0.717) is 22.7 Å². The van der Waals surface area contributed by atoms with Crippen molar-refractivity contribution in [2.75, 3.05) is 29.2 Å². The van der Waals surface area contributed by atoms with Gasteiger partial charge in [-0.2, -0.15) is 15.0 Å². The Bertz CT molecular complexity index is 1770. The Labute approximate surface area is 246 Å². The molecular formula is C31H27FN6O5. The van der Waals surface area contributed by atoms with Crippen molar-refractivity contribution in [2.45, 2.75) is 13.0 Å². The van der Waals surface area contributed by atoms with E-state index < -0.39 is 17.8 Å². The molecule has 0 saturated heterocycles. The van der Waals surface area contributed by atoms with E-state index in [9.17, 15) is 19.1 Å². The van der Waals surface area contributed by atoms with Crippen LogP contribution in [0.5, 0.6) is 17.5 Å². The number of aliphatic carboxylic acids is 1. The third-order valence-corrected chi connectivity index (χ3v) is 6.25. The summed E-state index contributed by atoms with van der Waals surface area (Å²) >= 11 is 0. The van der Waals surface area contributed by atoms with Crippen molar-refractivity contribution in [3.8, 4) is 17.5 Å². The van der Waals surface area contributed by atoms with Gasteiger partial charge in [0.2, 0.25) is 11.9 Å². The summed E-state index contributed by atoms with van der Waals surface area (Å²) in [7, 11) is 1.48. The number of carboxylic acid groups (broad SMARTS) is 1. The summed E-state index contributed by atoms with van der Waals surface area (Å²) in [5.74, 6) is -0.745. The molecule has 12 heteroatoms. The second-order valence-electron chi connectivity index (χ2n) is 9.33. The molecule has 1 aromatic heterocycles. The fourth-order valence-electron chi connectivity index (χ4n) is 4.26. The normalized spacial score (nSPS) is 10.7. The van der Waals surface area contributed by atoms with Gasteiger partial charge in [-0.15, -0.1) is 0 Å². The molecule has 0 bridgehead atoms. The number of methoxy groups -OCH3 is 1. The zero-order valence-electron chi connectivity index (χ0n) is 23.0. The molecule has 218 valence electrons. The quantitative estimate of drug-likeness (QED) is 0.169. The molecular weight excluding hydrogens is 555 g/mol. The molecule has 0 aliphatic carbocycles. The van der Waals surface area contributed by atoms with Crippen molar-refractivity contribution < 1.29 is 28.6 Å². The molecule has 0 saturated carbocycles. The number of nitrogens with one attached hydrogen (secondary N) is 2. The lowest BCUT2D eigenvalue weighted by molar-refractivity contribution is -0.136. The van der Waals surface area contributed by atoms with Gasteiger partial charge in [-0.05, 0) is 52.7 Å². The molecule has 0 unspecified atom stereocenters. The van der Waals surface area contributed by atoms with E-state index in [1.165, 1.54) is 19.2 Å². The third-order valence-electron chi connectivity index (χ3n) is 6.25. The van der Waals surface area contributed by atoms with Gasteiger partial charge in [0.25, 0.3) is 0 Å². The lowest BCUT2D eigenvalue weighted by Crippen LogP contribution is -2.29. The van der Waals surface area contributed by atoms with Gasteiger partial charge in [0.05, 0.1) is 19.2 Å². The van der Waals surface area contributed by atoms with Crippen LogP contribution >= 0.6 is 0 Å². The van der Waals surface area contributed by atoms with Crippen molar-refractivity contribution >= 4 is 40.4 Å². The fourth-order valence-corrected chi connectivity index (χ4v) is 4.26. The number of hydrogen-bond donors (Lipinski definition) is 3. The molecule has 2 amide bonds. The standard InChI is InChI=1S/C31H27FN6O5/c1-42-26-12-5-4-11-25(26)33-30(41)35-28-34-29(38(16-15-27(39)40)19-20-7-6-10-23(32)17-20)37-31(36-28)43-24-14-13-21-8-2-3-9-22(21)18-24/h2-14,17-18H,15-16,19H2,1H3,(H,39,40)(H2,33,34,35,36,37,41). The molecule has 0 atom stereocenters. The van der Waals surface area contributed by atoms with E-state index in [0.717, 1.165) is 10.8 Å².